The largest absolute Gasteiger partial charge is 0.351 e. The van der Waals surface area contributed by atoms with Gasteiger partial charge in [-0.3, -0.25) is 4.79 Å². The topological polar surface area (TPSA) is 75.3 Å². The van der Waals surface area contributed by atoms with Gasteiger partial charge in [-0.25, -0.2) is 13.1 Å². The first-order valence-corrected chi connectivity index (χ1v) is 9.03. The highest BCUT2D eigenvalue weighted by Gasteiger charge is 2.21. The predicted octanol–water partition coefficient (Wildman–Crippen LogP) is 1.93. The van der Waals surface area contributed by atoms with Crippen LogP contribution in [0.2, 0.25) is 5.02 Å². The number of hydrogen-bond donors (Lipinski definition) is 2. The molecule has 1 saturated carbocycles. The van der Waals surface area contributed by atoms with Crippen LogP contribution in [-0.4, -0.2) is 32.7 Å². The Hall–Kier alpha value is -1.11. The molecule has 21 heavy (non-hydrogen) atoms. The molecule has 0 bridgehead atoms. The van der Waals surface area contributed by atoms with Gasteiger partial charge in [0.15, 0.2) is 0 Å². The van der Waals surface area contributed by atoms with Crippen molar-refractivity contribution in [1.29, 1.82) is 0 Å². The van der Waals surface area contributed by atoms with Crippen molar-refractivity contribution in [3.8, 4) is 0 Å². The van der Waals surface area contributed by atoms with E-state index < -0.39 is 10.0 Å². The summed E-state index contributed by atoms with van der Waals surface area (Å²) >= 11 is 5.80. The van der Waals surface area contributed by atoms with Gasteiger partial charge in [-0.15, -0.1) is 0 Å². The van der Waals surface area contributed by atoms with E-state index in [2.05, 4.69) is 10.0 Å². The van der Waals surface area contributed by atoms with E-state index in [0.29, 0.717) is 10.6 Å². The number of carbonyl (C=O) groups is 1. The van der Waals surface area contributed by atoms with Crippen LogP contribution in [0.5, 0.6) is 0 Å². The second-order valence-electron chi connectivity index (χ2n) is 5.18. The van der Waals surface area contributed by atoms with Crippen molar-refractivity contribution < 1.29 is 13.2 Å². The van der Waals surface area contributed by atoms with Gasteiger partial charge < -0.3 is 5.32 Å². The van der Waals surface area contributed by atoms with Gasteiger partial charge in [-0.1, -0.05) is 30.5 Å². The van der Waals surface area contributed by atoms with Crippen LogP contribution < -0.4 is 10.0 Å². The SMILES string of the molecule is O=C(NCCS(=O)(=O)NC1CCCC1)c1cccc(Cl)c1. The predicted molar refractivity (Wildman–Crippen MR) is 83.0 cm³/mol. The lowest BCUT2D eigenvalue weighted by atomic mass is 10.2. The number of amides is 1. The molecule has 116 valence electrons. The summed E-state index contributed by atoms with van der Waals surface area (Å²) in [6.45, 7) is 0.0768. The second-order valence-corrected chi connectivity index (χ2v) is 7.49. The molecule has 0 radical (unpaired) electrons. The van der Waals surface area contributed by atoms with Gasteiger partial charge in [0, 0.05) is 23.2 Å². The van der Waals surface area contributed by atoms with Crippen molar-refractivity contribution >= 4 is 27.5 Å². The maximum Gasteiger partial charge on any atom is 0.251 e. The minimum atomic E-state index is -3.34. The van der Waals surface area contributed by atoms with Gasteiger partial charge in [0.1, 0.15) is 0 Å². The van der Waals surface area contributed by atoms with E-state index in [4.69, 9.17) is 11.6 Å². The maximum atomic E-state index is 11.9. The molecule has 1 aliphatic carbocycles. The summed E-state index contributed by atoms with van der Waals surface area (Å²) in [4.78, 5) is 11.8. The van der Waals surface area contributed by atoms with E-state index in [9.17, 15) is 13.2 Å². The zero-order valence-electron chi connectivity index (χ0n) is 11.6. The van der Waals surface area contributed by atoms with Crippen molar-refractivity contribution in [2.75, 3.05) is 12.3 Å². The van der Waals surface area contributed by atoms with Crippen LogP contribution in [0.25, 0.3) is 0 Å². The summed E-state index contributed by atoms with van der Waals surface area (Å²) in [7, 11) is -3.34. The fraction of sp³-hybridized carbons (Fsp3) is 0.500. The van der Waals surface area contributed by atoms with E-state index >= 15 is 0 Å². The number of carbonyl (C=O) groups excluding carboxylic acids is 1. The lowest BCUT2D eigenvalue weighted by molar-refractivity contribution is 0.0956. The molecule has 0 saturated heterocycles. The first-order valence-electron chi connectivity index (χ1n) is 7.00. The normalized spacial score (nSPS) is 16.0. The fourth-order valence-corrected chi connectivity index (χ4v) is 3.81. The molecule has 0 spiro atoms. The molecule has 7 heteroatoms. The summed E-state index contributed by atoms with van der Waals surface area (Å²) in [6.07, 6.45) is 3.93. The molecular formula is C14H19ClN2O3S. The molecule has 1 fully saturated rings. The van der Waals surface area contributed by atoms with Gasteiger partial charge in [0.05, 0.1) is 5.75 Å². The third-order valence-corrected chi connectivity index (χ3v) is 5.11. The lowest BCUT2D eigenvalue weighted by Gasteiger charge is -2.12. The third-order valence-electron chi connectivity index (χ3n) is 3.44. The van der Waals surface area contributed by atoms with Crippen LogP contribution in [0.4, 0.5) is 0 Å². The first-order chi connectivity index (χ1) is 9.96. The molecular weight excluding hydrogens is 312 g/mol. The standard InChI is InChI=1S/C14H19ClN2O3S/c15-12-5-3-4-11(10-12)14(18)16-8-9-21(19,20)17-13-6-1-2-7-13/h3-5,10,13,17H,1-2,6-9H2,(H,16,18). The second kappa shape index (κ2) is 7.24. The molecule has 1 aromatic rings. The Bertz CT molecular complexity index is 598. The molecule has 2 N–H and O–H groups in total. The minimum absolute atomic E-state index is 0.0543. The Labute approximate surface area is 130 Å². The summed E-state index contributed by atoms with van der Waals surface area (Å²) in [5.41, 5.74) is 0.420. The Morgan fingerprint density at radius 3 is 2.67 bits per heavy atom. The number of rotatable bonds is 6. The molecule has 0 heterocycles. The van der Waals surface area contributed by atoms with Crippen LogP contribution in [0.15, 0.2) is 24.3 Å². The van der Waals surface area contributed by atoms with Crippen molar-refractivity contribution in [2.24, 2.45) is 0 Å². The van der Waals surface area contributed by atoms with Crippen molar-refractivity contribution in [3.63, 3.8) is 0 Å². The molecule has 1 aliphatic rings. The van der Waals surface area contributed by atoms with Gasteiger partial charge in [0.2, 0.25) is 10.0 Å². The Balaban J connectivity index is 1.79. The van der Waals surface area contributed by atoms with E-state index in [0.717, 1.165) is 25.7 Å². The van der Waals surface area contributed by atoms with Gasteiger partial charge in [-0.2, -0.15) is 0 Å². The van der Waals surface area contributed by atoms with Crippen LogP contribution >= 0.6 is 11.6 Å². The van der Waals surface area contributed by atoms with E-state index in [1.807, 2.05) is 0 Å². The summed E-state index contributed by atoms with van der Waals surface area (Å²) in [5, 5.41) is 3.06. The van der Waals surface area contributed by atoms with Gasteiger partial charge in [0.25, 0.3) is 5.91 Å². The van der Waals surface area contributed by atoms with E-state index in [1.54, 1.807) is 24.3 Å². The van der Waals surface area contributed by atoms with Crippen molar-refractivity contribution in [1.82, 2.24) is 10.0 Å². The Kier molecular flexibility index (Phi) is 5.61. The van der Waals surface area contributed by atoms with Crippen LogP contribution in [0, 0.1) is 0 Å². The highest BCUT2D eigenvalue weighted by molar-refractivity contribution is 7.89. The van der Waals surface area contributed by atoms with Crippen molar-refractivity contribution in [2.45, 2.75) is 31.7 Å². The number of nitrogens with one attached hydrogen (secondary N) is 2. The highest BCUT2D eigenvalue weighted by Crippen LogP contribution is 2.18. The van der Waals surface area contributed by atoms with Gasteiger partial charge >= 0.3 is 0 Å². The lowest BCUT2D eigenvalue weighted by Crippen LogP contribution is -2.38. The molecule has 2 rings (SSSR count). The zero-order chi connectivity index (χ0) is 15.3. The molecule has 0 atom stereocenters. The summed E-state index contributed by atoms with van der Waals surface area (Å²) in [5.74, 6) is -0.441. The van der Waals surface area contributed by atoms with E-state index in [1.165, 1.54) is 0 Å². The van der Waals surface area contributed by atoms with Crippen LogP contribution in [-0.2, 0) is 10.0 Å². The minimum Gasteiger partial charge on any atom is -0.351 e. The molecule has 0 aromatic heterocycles. The molecule has 1 amide bonds. The van der Waals surface area contributed by atoms with Crippen LogP contribution in [0.1, 0.15) is 36.0 Å². The highest BCUT2D eigenvalue weighted by atomic mass is 35.5. The Morgan fingerprint density at radius 1 is 1.29 bits per heavy atom. The fourth-order valence-electron chi connectivity index (χ4n) is 2.39. The van der Waals surface area contributed by atoms with Crippen LogP contribution in [0.3, 0.4) is 0 Å². The molecule has 0 aliphatic heterocycles. The number of sulfonamides is 1. The van der Waals surface area contributed by atoms with Gasteiger partial charge in [-0.05, 0) is 31.0 Å². The number of benzene rings is 1. The number of hydrogen-bond acceptors (Lipinski definition) is 3. The number of halogens is 1. The summed E-state index contributed by atoms with van der Waals surface area (Å²) in [6, 6.07) is 6.58. The van der Waals surface area contributed by atoms with E-state index in [-0.39, 0.29) is 24.2 Å². The monoisotopic (exact) mass is 330 g/mol. The molecule has 5 nitrogen and oxygen atoms in total. The zero-order valence-corrected chi connectivity index (χ0v) is 13.2. The maximum absolute atomic E-state index is 11.9. The quantitative estimate of drug-likeness (QED) is 0.837. The average Bonchev–Trinajstić information content (AvgIpc) is 2.90. The molecule has 1 aromatic carbocycles. The smallest absolute Gasteiger partial charge is 0.251 e. The molecule has 0 unspecified atom stereocenters. The first kappa shape index (κ1) is 16.3. The summed E-state index contributed by atoms with van der Waals surface area (Å²) < 4.78 is 26.4. The Morgan fingerprint density at radius 2 is 2.00 bits per heavy atom. The average molecular weight is 331 g/mol. The third kappa shape index (κ3) is 5.30. The van der Waals surface area contributed by atoms with Crippen molar-refractivity contribution in [3.05, 3.63) is 34.9 Å².